The minimum absolute atomic E-state index is 0.0477. The van der Waals surface area contributed by atoms with Gasteiger partial charge in [-0.05, 0) is 7.05 Å². The van der Waals surface area contributed by atoms with Gasteiger partial charge in [-0.15, -0.1) is 0 Å². The van der Waals surface area contributed by atoms with Crippen molar-refractivity contribution in [3.8, 4) is 0 Å². The summed E-state index contributed by atoms with van der Waals surface area (Å²) in [5.74, 6) is -1.02. The van der Waals surface area contributed by atoms with E-state index in [9.17, 15) is 14.7 Å². The number of carboxylic acids is 1. The average molecular weight is 271 g/mol. The highest BCUT2D eigenvalue weighted by molar-refractivity contribution is 5.80. The first-order valence-corrected chi connectivity index (χ1v) is 6.58. The maximum atomic E-state index is 12.1. The molecular formula is C12H21N3O4. The van der Waals surface area contributed by atoms with E-state index in [2.05, 4.69) is 4.90 Å². The molecule has 0 aromatic heterocycles. The fourth-order valence-electron chi connectivity index (χ4n) is 2.64. The summed E-state index contributed by atoms with van der Waals surface area (Å²) in [6.45, 7) is 3.40. The Morgan fingerprint density at radius 1 is 1.21 bits per heavy atom. The van der Waals surface area contributed by atoms with Crippen LogP contribution in [0.15, 0.2) is 0 Å². The van der Waals surface area contributed by atoms with Gasteiger partial charge in [-0.3, -0.25) is 14.5 Å². The minimum atomic E-state index is -0.970. The van der Waals surface area contributed by atoms with E-state index in [0.717, 1.165) is 13.1 Å². The summed E-state index contributed by atoms with van der Waals surface area (Å²) < 4.78 is 0. The fourth-order valence-corrected chi connectivity index (χ4v) is 2.64. The highest BCUT2D eigenvalue weighted by atomic mass is 16.4. The van der Waals surface area contributed by atoms with Crippen LogP contribution in [0.1, 0.15) is 6.42 Å². The molecule has 2 saturated heterocycles. The zero-order valence-corrected chi connectivity index (χ0v) is 11.2. The number of likely N-dealkylation sites (N-methyl/N-ethyl adjacent to an activating group) is 1. The first-order chi connectivity index (χ1) is 8.97. The third-order valence-corrected chi connectivity index (χ3v) is 3.86. The number of likely N-dealkylation sites (tertiary alicyclic amines) is 1. The Morgan fingerprint density at radius 2 is 1.84 bits per heavy atom. The lowest BCUT2D eigenvalue weighted by Gasteiger charge is -2.33. The topological polar surface area (TPSA) is 84.3 Å². The standard InChI is InChI=1S/C12H21N3O4/c1-13-2-4-14(5-3-13)11(17)8-15-7-9(16)6-10(15)12(18)19/h9-10,16H,2-8H2,1H3,(H,18,19). The van der Waals surface area contributed by atoms with Crippen LogP contribution < -0.4 is 0 Å². The zero-order valence-electron chi connectivity index (χ0n) is 11.2. The number of amides is 1. The second-order valence-corrected chi connectivity index (χ2v) is 5.36. The van der Waals surface area contributed by atoms with Crippen LogP contribution in [0.25, 0.3) is 0 Å². The first-order valence-electron chi connectivity index (χ1n) is 6.58. The predicted octanol–water partition coefficient (Wildman–Crippen LogP) is -1.72. The maximum absolute atomic E-state index is 12.1. The van der Waals surface area contributed by atoms with Crippen LogP contribution in [0.3, 0.4) is 0 Å². The van der Waals surface area contributed by atoms with Gasteiger partial charge in [0, 0.05) is 39.1 Å². The molecule has 108 valence electrons. The number of hydrogen-bond donors (Lipinski definition) is 2. The average Bonchev–Trinajstić information content (AvgIpc) is 2.71. The molecule has 2 aliphatic heterocycles. The molecule has 2 rings (SSSR count). The lowest BCUT2D eigenvalue weighted by Crippen LogP contribution is -2.51. The molecule has 1 amide bonds. The molecule has 7 heteroatoms. The van der Waals surface area contributed by atoms with E-state index in [1.54, 1.807) is 9.80 Å². The summed E-state index contributed by atoms with van der Waals surface area (Å²) in [5.41, 5.74) is 0. The van der Waals surface area contributed by atoms with E-state index < -0.39 is 18.1 Å². The van der Waals surface area contributed by atoms with Gasteiger partial charge in [0.05, 0.1) is 12.6 Å². The van der Waals surface area contributed by atoms with Crippen molar-refractivity contribution in [2.75, 3.05) is 46.3 Å². The Bertz CT molecular complexity index is 355. The fraction of sp³-hybridized carbons (Fsp3) is 0.833. The molecule has 2 atom stereocenters. The van der Waals surface area contributed by atoms with E-state index in [-0.39, 0.29) is 25.4 Å². The summed E-state index contributed by atoms with van der Waals surface area (Å²) in [4.78, 5) is 28.7. The van der Waals surface area contributed by atoms with Crippen LogP contribution >= 0.6 is 0 Å². The molecular weight excluding hydrogens is 250 g/mol. The number of β-amino-alcohol motifs (C(OH)–C–C–N with tert-alkyl or cyclic N) is 1. The van der Waals surface area contributed by atoms with Gasteiger partial charge in [0.25, 0.3) is 0 Å². The number of rotatable bonds is 3. The van der Waals surface area contributed by atoms with Crippen LogP contribution in [0.2, 0.25) is 0 Å². The van der Waals surface area contributed by atoms with Crippen LogP contribution in [-0.2, 0) is 9.59 Å². The van der Waals surface area contributed by atoms with Gasteiger partial charge in [0.15, 0.2) is 0 Å². The van der Waals surface area contributed by atoms with Crippen molar-refractivity contribution in [1.82, 2.24) is 14.7 Å². The van der Waals surface area contributed by atoms with Crippen LogP contribution in [0.5, 0.6) is 0 Å². The first kappa shape index (κ1) is 14.2. The molecule has 2 aliphatic rings. The minimum Gasteiger partial charge on any atom is -0.480 e. The smallest absolute Gasteiger partial charge is 0.321 e. The van der Waals surface area contributed by atoms with Crippen molar-refractivity contribution in [1.29, 1.82) is 0 Å². The number of carbonyl (C=O) groups excluding carboxylic acids is 1. The summed E-state index contributed by atoms with van der Waals surface area (Å²) in [6.07, 6.45) is -0.452. The van der Waals surface area contributed by atoms with E-state index in [1.165, 1.54) is 0 Å². The van der Waals surface area contributed by atoms with Gasteiger partial charge in [0.1, 0.15) is 6.04 Å². The van der Waals surface area contributed by atoms with E-state index in [1.807, 2.05) is 7.05 Å². The molecule has 0 radical (unpaired) electrons. The van der Waals surface area contributed by atoms with Crippen molar-refractivity contribution < 1.29 is 19.8 Å². The van der Waals surface area contributed by atoms with Gasteiger partial charge < -0.3 is 20.0 Å². The molecule has 0 aromatic rings. The lowest BCUT2D eigenvalue weighted by atomic mass is 10.2. The summed E-state index contributed by atoms with van der Waals surface area (Å²) >= 11 is 0. The van der Waals surface area contributed by atoms with Gasteiger partial charge in [0.2, 0.25) is 5.91 Å². The van der Waals surface area contributed by atoms with Crippen molar-refractivity contribution in [3.05, 3.63) is 0 Å². The number of aliphatic hydroxyl groups excluding tert-OH is 1. The van der Waals surface area contributed by atoms with E-state index in [0.29, 0.717) is 13.1 Å². The van der Waals surface area contributed by atoms with Crippen molar-refractivity contribution >= 4 is 11.9 Å². The maximum Gasteiger partial charge on any atom is 0.321 e. The third-order valence-electron chi connectivity index (χ3n) is 3.86. The molecule has 2 N–H and O–H groups in total. The van der Waals surface area contributed by atoms with Gasteiger partial charge in [-0.25, -0.2) is 0 Å². The SMILES string of the molecule is CN1CCN(C(=O)CN2CC(O)CC2C(=O)O)CC1. The molecule has 0 saturated carbocycles. The zero-order chi connectivity index (χ0) is 14.0. The second-order valence-electron chi connectivity index (χ2n) is 5.36. The summed E-state index contributed by atoms with van der Waals surface area (Å²) in [5, 5.41) is 18.6. The number of aliphatic hydroxyl groups is 1. The van der Waals surface area contributed by atoms with Gasteiger partial charge in [-0.2, -0.15) is 0 Å². The molecule has 0 spiro atoms. The van der Waals surface area contributed by atoms with Gasteiger partial charge in [-0.1, -0.05) is 0 Å². The van der Waals surface area contributed by atoms with E-state index >= 15 is 0 Å². The van der Waals surface area contributed by atoms with Crippen LogP contribution in [0.4, 0.5) is 0 Å². The largest absolute Gasteiger partial charge is 0.480 e. The van der Waals surface area contributed by atoms with Crippen molar-refractivity contribution in [2.24, 2.45) is 0 Å². The molecule has 7 nitrogen and oxygen atoms in total. The number of carboxylic acid groups (broad SMARTS) is 1. The van der Waals surface area contributed by atoms with E-state index in [4.69, 9.17) is 5.11 Å². The number of nitrogens with zero attached hydrogens (tertiary/aromatic N) is 3. The van der Waals surface area contributed by atoms with Crippen LogP contribution in [0, 0.1) is 0 Å². The third kappa shape index (κ3) is 3.43. The highest BCUT2D eigenvalue weighted by Gasteiger charge is 2.37. The number of hydrogen-bond acceptors (Lipinski definition) is 5. The Labute approximate surface area is 112 Å². The van der Waals surface area contributed by atoms with Crippen molar-refractivity contribution in [3.63, 3.8) is 0 Å². The predicted molar refractivity (Wildman–Crippen MR) is 67.7 cm³/mol. The molecule has 2 fully saturated rings. The molecule has 2 unspecified atom stereocenters. The Hall–Kier alpha value is -1.18. The monoisotopic (exact) mass is 271 g/mol. The summed E-state index contributed by atoms with van der Waals surface area (Å²) in [7, 11) is 2.01. The Balaban J connectivity index is 1.89. The lowest BCUT2D eigenvalue weighted by molar-refractivity contribution is -0.143. The van der Waals surface area contributed by atoms with Gasteiger partial charge >= 0.3 is 5.97 Å². The number of aliphatic carboxylic acids is 1. The normalized spacial score (nSPS) is 29.7. The molecule has 0 aromatic carbocycles. The Kier molecular flexibility index (Phi) is 4.38. The van der Waals surface area contributed by atoms with Crippen LogP contribution in [-0.4, -0.2) is 95.3 Å². The molecule has 0 aliphatic carbocycles. The second kappa shape index (κ2) is 5.85. The number of piperazine rings is 1. The molecule has 19 heavy (non-hydrogen) atoms. The van der Waals surface area contributed by atoms with Crippen molar-refractivity contribution in [2.45, 2.75) is 18.6 Å². The molecule has 2 heterocycles. The highest BCUT2D eigenvalue weighted by Crippen LogP contribution is 2.18. The summed E-state index contributed by atoms with van der Waals surface area (Å²) in [6, 6.07) is -0.744. The quantitative estimate of drug-likeness (QED) is 0.635. The molecule has 0 bridgehead atoms. The Morgan fingerprint density at radius 3 is 2.42 bits per heavy atom. The number of carbonyl (C=O) groups is 2.